The van der Waals surface area contributed by atoms with Crippen molar-refractivity contribution in [2.75, 3.05) is 13.1 Å². The third kappa shape index (κ3) is 3.00. The van der Waals surface area contributed by atoms with Crippen molar-refractivity contribution in [3.05, 3.63) is 23.0 Å². The summed E-state index contributed by atoms with van der Waals surface area (Å²) in [5.74, 6) is -0.0348. The molecule has 1 fully saturated rings. The van der Waals surface area contributed by atoms with E-state index in [0.29, 0.717) is 11.3 Å². The maximum atomic E-state index is 12.1. The first-order valence-corrected chi connectivity index (χ1v) is 5.99. The molecule has 0 aromatic carbocycles. The molecule has 1 aliphatic rings. The third-order valence-corrected chi connectivity index (χ3v) is 3.02. The number of nitrogens with zero attached hydrogens (tertiary/aromatic N) is 2. The van der Waals surface area contributed by atoms with Gasteiger partial charge < -0.3 is 10.6 Å². The van der Waals surface area contributed by atoms with Crippen molar-refractivity contribution in [3.8, 4) is 0 Å². The Morgan fingerprint density at radius 3 is 2.76 bits per heavy atom. The molecular formula is C12H18N4O. The second kappa shape index (κ2) is 5.23. The molecule has 1 aromatic heterocycles. The van der Waals surface area contributed by atoms with Gasteiger partial charge in [0.25, 0.3) is 5.91 Å². The monoisotopic (exact) mass is 234 g/mol. The van der Waals surface area contributed by atoms with E-state index in [4.69, 9.17) is 0 Å². The summed E-state index contributed by atoms with van der Waals surface area (Å²) in [7, 11) is 0. The molecule has 92 valence electrons. The topological polar surface area (TPSA) is 66.9 Å². The molecule has 0 spiro atoms. The Morgan fingerprint density at radius 2 is 2.06 bits per heavy atom. The number of hydrogen-bond acceptors (Lipinski definition) is 4. The van der Waals surface area contributed by atoms with Crippen molar-refractivity contribution in [2.24, 2.45) is 0 Å². The molecule has 0 saturated carbocycles. The molecule has 0 aliphatic carbocycles. The smallest absolute Gasteiger partial charge is 0.253 e. The Hall–Kier alpha value is -1.49. The van der Waals surface area contributed by atoms with Crippen molar-refractivity contribution in [3.63, 3.8) is 0 Å². The van der Waals surface area contributed by atoms with Gasteiger partial charge in [0.2, 0.25) is 0 Å². The summed E-state index contributed by atoms with van der Waals surface area (Å²) in [6.45, 7) is 5.59. The fourth-order valence-electron chi connectivity index (χ4n) is 2.01. The minimum absolute atomic E-state index is 0.0348. The SMILES string of the molecule is Cc1cc(C(=O)NC2CCNCC2)c(C)nn1. The molecule has 0 bridgehead atoms. The van der Waals surface area contributed by atoms with Gasteiger partial charge in [0, 0.05) is 6.04 Å². The molecule has 0 radical (unpaired) electrons. The first kappa shape index (κ1) is 12.0. The number of piperidine rings is 1. The van der Waals surface area contributed by atoms with Crippen LogP contribution in [0.25, 0.3) is 0 Å². The third-order valence-electron chi connectivity index (χ3n) is 3.02. The molecule has 1 aromatic rings. The van der Waals surface area contributed by atoms with E-state index in [-0.39, 0.29) is 11.9 Å². The summed E-state index contributed by atoms with van der Waals surface area (Å²) in [4.78, 5) is 12.1. The minimum Gasteiger partial charge on any atom is -0.349 e. The van der Waals surface area contributed by atoms with Gasteiger partial charge in [-0.3, -0.25) is 4.79 Å². The molecule has 1 aliphatic heterocycles. The molecule has 1 saturated heterocycles. The number of amides is 1. The lowest BCUT2D eigenvalue weighted by molar-refractivity contribution is 0.0928. The van der Waals surface area contributed by atoms with Crippen molar-refractivity contribution < 1.29 is 4.79 Å². The highest BCUT2D eigenvalue weighted by atomic mass is 16.1. The van der Waals surface area contributed by atoms with Gasteiger partial charge >= 0.3 is 0 Å². The highest BCUT2D eigenvalue weighted by Crippen LogP contribution is 2.08. The number of aryl methyl sites for hydroxylation is 2. The van der Waals surface area contributed by atoms with E-state index >= 15 is 0 Å². The fourth-order valence-corrected chi connectivity index (χ4v) is 2.01. The van der Waals surface area contributed by atoms with E-state index in [2.05, 4.69) is 20.8 Å². The Morgan fingerprint density at radius 1 is 1.35 bits per heavy atom. The molecule has 2 heterocycles. The molecule has 0 unspecified atom stereocenters. The van der Waals surface area contributed by atoms with Crippen molar-refractivity contribution in [1.29, 1.82) is 0 Å². The first-order chi connectivity index (χ1) is 8.16. The summed E-state index contributed by atoms with van der Waals surface area (Å²) in [5.41, 5.74) is 2.09. The van der Waals surface area contributed by atoms with E-state index in [1.54, 1.807) is 6.07 Å². The van der Waals surface area contributed by atoms with Gasteiger partial charge in [0.15, 0.2) is 0 Å². The quantitative estimate of drug-likeness (QED) is 0.785. The Labute approximate surface area is 101 Å². The van der Waals surface area contributed by atoms with Crippen LogP contribution in [0.4, 0.5) is 0 Å². The second-order valence-corrected chi connectivity index (χ2v) is 4.48. The van der Waals surface area contributed by atoms with Gasteiger partial charge in [0.1, 0.15) is 0 Å². The van der Waals surface area contributed by atoms with Crippen LogP contribution in [-0.2, 0) is 0 Å². The molecule has 17 heavy (non-hydrogen) atoms. The molecule has 2 rings (SSSR count). The minimum atomic E-state index is -0.0348. The van der Waals surface area contributed by atoms with Crippen LogP contribution in [0, 0.1) is 13.8 Å². The van der Waals surface area contributed by atoms with E-state index in [9.17, 15) is 4.79 Å². The van der Waals surface area contributed by atoms with Gasteiger partial charge in [-0.1, -0.05) is 0 Å². The van der Waals surface area contributed by atoms with Crippen molar-refractivity contribution in [1.82, 2.24) is 20.8 Å². The van der Waals surface area contributed by atoms with Crippen LogP contribution in [0.15, 0.2) is 6.07 Å². The summed E-state index contributed by atoms with van der Waals surface area (Å²) < 4.78 is 0. The predicted molar refractivity (Wildman–Crippen MR) is 64.9 cm³/mol. The first-order valence-electron chi connectivity index (χ1n) is 5.99. The summed E-state index contributed by atoms with van der Waals surface area (Å²) in [5, 5.41) is 14.2. The van der Waals surface area contributed by atoms with Crippen LogP contribution in [0.5, 0.6) is 0 Å². The maximum Gasteiger partial charge on any atom is 0.253 e. The number of nitrogens with one attached hydrogen (secondary N) is 2. The summed E-state index contributed by atoms with van der Waals surface area (Å²) in [6, 6.07) is 2.07. The lowest BCUT2D eigenvalue weighted by Crippen LogP contribution is -2.43. The fraction of sp³-hybridized carbons (Fsp3) is 0.583. The van der Waals surface area contributed by atoms with Gasteiger partial charge in [-0.05, 0) is 45.8 Å². The molecule has 2 N–H and O–H groups in total. The molecule has 5 heteroatoms. The van der Waals surface area contributed by atoms with E-state index in [1.807, 2.05) is 13.8 Å². The zero-order valence-corrected chi connectivity index (χ0v) is 10.3. The lowest BCUT2D eigenvalue weighted by Gasteiger charge is -2.23. The van der Waals surface area contributed by atoms with Crippen LogP contribution < -0.4 is 10.6 Å². The molecule has 0 atom stereocenters. The summed E-state index contributed by atoms with van der Waals surface area (Å²) in [6.07, 6.45) is 1.98. The number of hydrogen-bond donors (Lipinski definition) is 2. The zero-order chi connectivity index (χ0) is 12.3. The van der Waals surface area contributed by atoms with Crippen LogP contribution in [0.1, 0.15) is 34.6 Å². The Bertz CT molecular complexity index is 413. The van der Waals surface area contributed by atoms with Crippen molar-refractivity contribution >= 4 is 5.91 Å². The highest BCUT2D eigenvalue weighted by Gasteiger charge is 2.18. The van der Waals surface area contributed by atoms with Gasteiger partial charge in [0.05, 0.1) is 17.0 Å². The number of carbonyl (C=O) groups excluding carboxylic acids is 1. The van der Waals surface area contributed by atoms with Crippen LogP contribution in [0.2, 0.25) is 0 Å². The summed E-state index contributed by atoms with van der Waals surface area (Å²) >= 11 is 0. The average Bonchev–Trinajstić information content (AvgIpc) is 2.33. The lowest BCUT2D eigenvalue weighted by atomic mass is 10.1. The normalized spacial score (nSPS) is 16.8. The molecule has 1 amide bonds. The van der Waals surface area contributed by atoms with Crippen LogP contribution in [-0.4, -0.2) is 35.2 Å². The van der Waals surface area contributed by atoms with Gasteiger partial charge in [-0.25, -0.2) is 0 Å². The highest BCUT2D eigenvalue weighted by molar-refractivity contribution is 5.95. The standard InChI is InChI=1S/C12H18N4O/c1-8-7-11(9(2)16-15-8)12(17)14-10-3-5-13-6-4-10/h7,10,13H,3-6H2,1-2H3,(H,14,17). The van der Waals surface area contributed by atoms with Gasteiger partial charge in [-0.2, -0.15) is 10.2 Å². The van der Waals surface area contributed by atoms with E-state index in [1.165, 1.54) is 0 Å². The average molecular weight is 234 g/mol. The molecule has 5 nitrogen and oxygen atoms in total. The largest absolute Gasteiger partial charge is 0.349 e. The van der Waals surface area contributed by atoms with Crippen LogP contribution in [0.3, 0.4) is 0 Å². The Kier molecular flexibility index (Phi) is 3.68. The van der Waals surface area contributed by atoms with Gasteiger partial charge in [-0.15, -0.1) is 0 Å². The van der Waals surface area contributed by atoms with Crippen molar-refractivity contribution in [2.45, 2.75) is 32.7 Å². The Balaban J connectivity index is 2.05. The maximum absolute atomic E-state index is 12.1. The second-order valence-electron chi connectivity index (χ2n) is 4.48. The van der Waals surface area contributed by atoms with E-state index < -0.39 is 0 Å². The predicted octanol–water partition coefficient (Wildman–Crippen LogP) is 0.575. The number of rotatable bonds is 2. The zero-order valence-electron chi connectivity index (χ0n) is 10.3. The van der Waals surface area contributed by atoms with E-state index in [0.717, 1.165) is 31.6 Å². The van der Waals surface area contributed by atoms with Crippen LogP contribution >= 0.6 is 0 Å². The number of carbonyl (C=O) groups is 1. The molecular weight excluding hydrogens is 216 g/mol. The number of aromatic nitrogens is 2.